The van der Waals surface area contributed by atoms with Crippen molar-refractivity contribution in [1.82, 2.24) is 4.98 Å². The van der Waals surface area contributed by atoms with E-state index < -0.39 is 0 Å². The van der Waals surface area contributed by atoms with Gasteiger partial charge in [0.15, 0.2) is 5.82 Å². The van der Waals surface area contributed by atoms with Crippen LogP contribution >= 0.6 is 0 Å². The van der Waals surface area contributed by atoms with Gasteiger partial charge in [-0.2, -0.15) is 0 Å². The average molecular weight is 152 g/mol. The molecule has 0 atom stereocenters. The first kappa shape index (κ1) is 7.65. The van der Waals surface area contributed by atoms with Crippen LogP contribution < -0.4 is 4.74 Å². The van der Waals surface area contributed by atoms with Crippen molar-refractivity contribution in [2.24, 2.45) is 5.18 Å². The number of nitroso groups, excluding NO2 is 1. The van der Waals surface area contributed by atoms with Gasteiger partial charge in [0.25, 0.3) is 0 Å². The molecule has 1 aromatic rings. The molecular weight excluding hydrogens is 144 g/mol. The molecule has 58 valence electrons. The minimum atomic E-state index is 0.174. The smallest absolute Gasteiger partial charge is 0.196 e. The zero-order valence-electron chi connectivity index (χ0n) is 6.15. The molecule has 4 nitrogen and oxygen atoms in total. The Labute approximate surface area is 64.2 Å². The van der Waals surface area contributed by atoms with Gasteiger partial charge in [-0.05, 0) is 24.2 Å². The SMILES string of the molecule is CCOc1ccc(N=O)nc1. The summed E-state index contributed by atoms with van der Waals surface area (Å²) in [6.07, 6.45) is 1.47. The molecular formula is C7H8N2O2. The fourth-order valence-corrected chi connectivity index (χ4v) is 0.679. The van der Waals surface area contributed by atoms with Crippen molar-refractivity contribution >= 4 is 5.82 Å². The maximum absolute atomic E-state index is 9.92. The molecule has 0 N–H and O–H groups in total. The van der Waals surface area contributed by atoms with Crippen molar-refractivity contribution in [2.75, 3.05) is 6.61 Å². The molecule has 0 aliphatic carbocycles. The Morgan fingerprint density at radius 3 is 2.91 bits per heavy atom. The van der Waals surface area contributed by atoms with Gasteiger partial charge < -0.3 is 4.74 Å². The van der Waals surface area contributed by atoms with Crippen molar-refractivity contribution in [3.8, 4) is 5.75 Å². The van der Waals surface area contributed by atoms with Crippen LogP contribution in [0.25, 0.3) is 0 Å². The number of pyridine rings is 1. The van der Waals surface area contributed by atoms with Gasteiger partial charge in [-0.15, -0.1) is 4.91 Å². The molecule has 0 saturated carbocycles. The lowest BCUT2D eigenvalue weighted by Crippen LogP contribution is -1.90. The second kappa shape index (κ2) is 3.65. The summed E-state index contributed by atoms with van der Waals surface area (Å²) in [6, 6.07) is 3.17. The van der Waals surface area contributed by atoms with Gasteiger partial charge in [0.2, 0.25) is 0 Å². The summed E-state index contributed by atoms with van der Waals surface area (Å²) in [5.74, 6) is 0.827. The Morgan fingerprint density at radius 1 is 1.64 bits per heavy atom. The molecule has 1 aromatic heterocycles. The standard InChI is InChI=1S/C7H8N2O2/c1-2-11-6-3-4-7(9-10)8-5-6/h3-5H,2H2,1H3. The third kappa shape index (κ3) is 2.00. The van der Waals surface area contributed by atoms with Gasteiger partial charge in [0.1, 0.15) is 5.75 Å². The van der Waals surface area contributed by atoms with Crippen LogP contribution in [0.3, 0.4) is 0 Å². The molecule has 0 aliphatic heterocycles. The first-order valence-electron chi connectivity index (χ1n) is 3.29. The molecule has 11 heavy (non-hydrogen) atoms. The number of aromatic nitrogens is 1. The van der Waals surface area contributed by atoms with E-state index in [2.05, 4.69) is 10.2 Å². The second-order valence-electron chi connectivity index (χ2n) is 1.88. The highest BCUT2D eigenvalue weighted by Crippen LogP contribution is 2.13. The minimum absolute atomic E-state index is 0.174. The Kier molecular flexibility index (Phi) is 2.54. The monoisotopic (exact) mass is 152 g/mol. The molecule has 0 saturated heterocycles. The van der Waals surface area contributed by atoms with Crippen LogP contribution in [0.15, 0.2) is 23.5 Å². The summed E-state index contributed by atoms with van der Waals surface area (Å²) in [7, 11) is 0. The molecule has 0 radical (unpaired) electrons. The van der Waals surface area contributed by atoms with E-state index in [-0.39, 0.29) is 5.82 Å². The average Bonchev–Trinajstić information content (AvgIpc) is 2.07. The maximum atomic E-state index is 9.92. The van der Waals surface area contributed by atoms with Crippen molar-refractivity contribution in [1.29, 1.82) is 0 Å². The molecule has 0 fully saturated rings. The number of ether oxygens (including phenoxy) is 1. The van der Waals surface area contributed by atoms with Gasteiger partial charge in [0, 0.05) is 0 Å². The third-order valence-corrected chi connectivity index (χ3v) is 1.13. The zero-order valence-corrected chi connectivity index (χ0v) is 6.15. The summed E-state index contributed by atoms with van der Waals surface area (Å²) in [4.78, 5) is 13.6. The van der Waals surface area contributed by atoms with Gasteiger partial charge >= 0.3 is 0 Å². The Morgan fingerprint density at radius 2 is 2.45 bits per heavy atom. The lowest BCUT2D eigenvalue weighted by Gasteiger charge is -1.99. The van der Waals surface area contributed by atoms with Gasteiger partial charge in [-0.1, -0.05) is 0 Å². The molecule has 4 heteroatoms. The first-order valence-corrected chi connectivity index (χ1v) is 3.29. The molecule has 1 rings (SSSR count). The second-order valence-corrected chi connectivity index (χ2v) is 1.88. The van der Waals surface area contributed by atoms with Crippen molar-refractivity contribution < 1.29 is 4.74 Å². The largest absolute Gasteiger partial charge is 0.492 e. The van der Waals surface area contributed by atoms with E-state index in [1.807, 2.05) is 6.92 Å². The molecule has 0 aliphatic rings. The van der Waals surface area contributed by atoms with Gasteiger partial charge in [-0.3, -0.25) is 0 Å². The van der Waals surface area contributed by atoms with E-state index in [0.29, 0.717) is 12.4 Å². The minimum Gasteiger partial charge on any atom is -0.492 e. The van der Waals surface area contributed by atoms with Crippen LogP contribution in [0, 0.1) is 4.91 Å². The Hall–Kier alpha value is -1.45. The molecule has 1 heterocycles. The quantitative estimate of drug-likeness (QED) is 0.621. The number of hydrogen-bond acceptors (Lipinski definition) is 4. The number of hydrogen-bond donors (Lipinski definition) is 0. The molecule has 0 spiro atoms. The van der Waals surface area contributed by atoms with Gasteiger partial charge in [0.05, 0.1) is 12.8 Å². The molecule has 0 unspecified atom stereocenters. The summed E-state index contributed by atoms with van der Waals surface area (Å²) in [6.45, 7) is 2.47. The van der Waals surface area contributed by atoms with Crippen molar-refractivity contribution in [3.63, 3.8) is 0 Å². The zero-order chi connectivity index (χ0) is 8.10. The topological polar surface area (TPSA) is 51.5 Å². The predicted molar refractivity (Wildman–Crippen MR) is 40.9 cm³/mol. The molecule has 0 bridgehead atoms. The normalized spacial score (nSPS) is 9.18. The summed E-state index contributed by atoms with van der Waals surface area (Å²) >= 11 is 0. The highest BCUT2D eigenvalue weighted by Gasteiger charge is 1.93. The maximum Gasteiger partial charge on any atom is 0.196 e. The summed E-state index contributed by atoms with van der Waals surface area (Å²) < 4.78 is 5.10. The lowest BCUT2D eigenvalue weighted by molar-refractivity contribution is 0.339. The van der Waals surface area contributed by atoms with Crippen LogP contribution in [-0.4, -0.2) is 11.6 Å². The Bertz CT molecular complexity index is 233. The van der Waals surface area contributed by atoms with Crippen LogP contribution in [0.5, 0.6) is 5.75 Å². The van der Waals surface area contributed by atoms with E-state index in [1.54, 1.807) is 6.07 Å². The summed E-state index contributed by atoms with van der Waals surface area (Å²) in [5, 5.41) is 2.66. The van der Waals surface area contributed by atoms with E-state index in [9.17, 15) is 4.91 Å². The number of rotatable bonds is 3. The van der Waals surface area contributed by atoms with E-state index >= 15 is 0 Å². The van der Waals surface area contributed by atoms with Crippen molar-refractivity contribution in [2.45, 2.75) is 6.92 Å². The van der Waals surface area contributed by atoms with E-state index in [4.69, 9.17) is 4.74 Å². The number of nitrogens with zero attached hydrogens (tertiary/aromatic N) is 2. The molecule has 0 amide bonds. The van der Waals surface area contributed by atoms with Crippen LogP contribution in [0.4, 0.5) is 5.82 Å². The highest BCUT2D eigenvalue weighted by molar-refractivity contribution is 5.31. The van der Waals surface area contributed by atoms with Crippen LogP contribution in [-0.2, 0) is 0 Å². The van der Waals surface area contributed by atoms with Crippen LogP contribution in [0.1, 0.15) is 6.92 Å². The van der Waals surface area contributed by atoms with E-state index in [0.717, 1.165) is 0 Å². The fourth-order valence-electron chi connectivity index (χ4n) is 0.679. The van der Waals surface area contributed by atoms with Crippen LogP contribution in [0.2, 0.25) is 0 Å². The highest BCUT2D eigenvalue weighted by atomic mass is 16.5. The lowest BCUT2D eigenvalue weighted by atomic mass is 10.4. The predicted octanol–water partition coefficient (Wildman–Crippen LogP) is 1.88. The molecule has 0 aromatic carbocycles. The van der Waals surface area contributed by atoms with Crippen molar-refractivity contribution in [3.05, 3.63) is 23.2 Å². The first-order chi connectivity index (χ1) is 5.36. The fraction of sp³-hybridized carbons (Fsp3) is 0.286. The third-order valence-electron chi connectivity index (χ3n) is 1.13. The van der Waals surface area contributed by atoms with E-state index in [1.165, 1.54) is 12.3 Å². The van der Waals surface area contributed by atoms with Gasteiger partial charge in [-0.25, -0.2) is 4.98 Å². The summed E-state index contributed by atoms with van der Waals surface area (Å²) in [5.41, 5.74) is 0. The Balaban J connectivity index is 2.74.